The number of nitrogens with one attached hydrogen (secondary N) is 1. The number of hydrogen-bond donors (Lipinski definition) is 1. The number of aryl methyl sites for hydroxylation is 2. The van der Waals surface area contributed by atoms with E-state index in [0.29, 0.717) is 6.04 Å². The van der Waals surface area contributed by atoms with Crippen LogP contribution in [-0.4, -0.2) is 14.1 Å². The summed E-state index contributed by atoms with van der Waals surface area (Å²) < 4.78 is 0. The van der Waals surface area contributed by atoms with Crippen molar-refractivity contribution in [1.29, 1.82) is 0 Å². The Bertz CT molecular complexity index is 580. The molecule has 0 saturated carbocycles. The Labute approximate surface area is 128 Å². The minimum Gasteiger partial charge on any atom is -0.344 e. The van der Waals surface area contributed by atoms with E-state index in [-0.39, 0.29) is 0 Å². The maximum Gasteiger partial charge on any atom is 0.0456 e. The smallest absolute Gasteiger partial charge is 0.0456 e. The average Bonchev–Trinajstić information content (AvgIpc) is 2.47. The molecule has 0 bridgehead atoms. The Kier molecular flexibility index (Phi) is 5.03. The maximum absolute atomic E-state index is 3.41. The number of hydrogen-bond acceptors (Lipinski definition) is 2. The highest BCUT2D eigenvalue weighted by Gasteiger charge is 2.15. The second kappa shape index (κ2) is 6.77. The maximum atomic E-state index is 3.41. The third-order valence-corrected chi connectivity index (χ3v) is 4.02. The van der Waals surface area contributed by atoms with Gasteiger partial charge in [0.1, 0.15) is 0 Å². The Balaban J connectivity index is 2.45. The van der Waals surface area contributed by atoms with Crippen molar-refractivity contribution in [2.75, 3.05) is 19.0 Å². The standard InChI is InChI=1S/C19H26N2/c1-6-18(20-4)17-9-7-8-10-19(17)21(5)16-12-14(2)11-15(3)13-16/h7-13,18,20H,6H2,1-5H3. The molecule has 2 aromatic rings. The molecule has 1 atom stereocenters. The Morgan fingerprint density at radius 2 is 1.67 bits per heavy atom. The monoisotopic (exact) mass is 282 g/mol. The first-order valence-electron chi connectivity index (χ1n) is 7.65. The largest absolute Gasteiger partial charge is 0.344 e. The molecular formula is C19H26N2. The van der Waals surface area contributed by atoms with Crippen LogP contribution < -0.4 is 10.2 Å². The van der Waals surface area contributed by atoms with Crippen LogP contribution in [0.4, 0.5) is 11.4 Å². The third-order valence-electron chi connectivity index (χ3n) is 4.02. The fourth-order valence-electron chi connectivity index (χ4n) is 2.95. The van der Waals surface area contributed by atoms with Crippen LogP contribution in [0.5, 0.6) is 0 Å². The molecule has 0 saturated heterocycles. The lowest BCUT2D eigenvalue weighted by Crippen LogP contribution is -2.20. The molecule has 112 valence electrons. The van der Waals surface area contributed by atoms with Gasteiger partial charge in [0.25, 0.3) is 0 Å². The van der Waals surface area contributed by atoms with Gasteiger partial charge in [-0.25, -0.2) is 0 Å². The zero-order chi connectivity index (χ0) is 15.4. The molecule has 0 fully saturated rings. The number of benzene rings is 2. The van der Waals surface area contributed by atoms with Crippen molar-refractivity contribution in [2.24, 2.45) is 0 Å². The first-order chi connectivity index (χ1) is 10.1. The molecule has 1 N–H and O–H groups in total. The van der Waals surface area contributed by atoms with Crippen molar-refractivity contribution in [1.82, 2.24) is 5.32 Å². The number of rotatable bonds is 5. The summed E-state index contributed by atoms with van der Waals surface area (Å²) >= 11 is 0. The number of para-hydroxylation sites is 1. The average molecular weight is 282 g/mol. The van der Waals surface area contributed by atoms with Crippen LogP contribution in [-0.2, 0) is 0 Å². The van der Waals surface area contributed by atoms with E-state index in [0.717, 1.165) is 6.42 Å². The summed E-state index contributed by atoms with van der Waals surface area (Å²) in [6.07, 6.45) is 1.08. The van der Waals surface area contributed by atoms with E-state index < -0.39 is 0 Å². The lowest BCUT2D eigenvalue weighted by molar-refractivity contribution is 0.577. The van der Waals surface area contributed by atoms with Gasteiger partial charge in [0.15, 0.2) is 0 Å². The summed E-state index contributed by atoms with van der Waals surface area (Å²) in [5.41, 5.74) is 6.46. The first-order valence-corrected chi connectivity index (χ1v) is 7.65. The quantitative estimate of drug-likeness (QED) is 0.852. The van der Waals surface area contributed by atoms with Gasteiger partial charge in [0, 0.05) is 24.5 Å². The number of anilines is 2. The van der Waals surface area contributed by atoms with Crippen molar-refractivity contribution in [3.8, 4) is 0 Å². The van der Waals surface area contributed by atoms with Crippen LogP contribution >= 0.6 is 0 Å². The Hall–Kier alpha value is -1.80. The topological polar surface area (TPSA) is 15.3 Å². The Morgan fingerprint density at radius 1 is 1.05 bits per heavy atom. The van der Waals surface area contributed by atoms with Gasteiger partial charge in [-0.2, -0.15) is 0 Å². The molecule has 2 aromatic carbocycles. The zero-order valence-corrected chi connectivity index (χ0v) is 13.8. The highest BCUT2D eigenvalue weighted by molar-refractivity contribution is 5.67. The molecule has 2 heteroatoms. The zero-order valence-electron chi connectivity index (χ0n) is 13.8. The van der Waals surface area contributed by atoms with Crippen LogP contribution in [0, 0.1) is 13.8 Å². The van der Waals surface area contributed by atoms with E-state index >= 15 is 0 Å². The molecule has 0 aromatic heterocycles. The van der Waals surface area contributed by atoms with Gasteiger partial charge in [-0.1, -0.05) is 31.2 Å². The molecule has 1 unspecified atom stereocenters. The van der Waals surface area contributed by atoms with E-state index in [4.69, 9.17) is 0 Å². The van der Waals surface area contributed by atoms with E-state index in [2.05, 4.69) is 80.5 Å². The van der Waals surface area contributed by atoms with Gasteiger partial charge in [-0.15, -0.1) is 0 Å². The van der Waals surface area contributed by atoms with E-state index in [1.807, 2.05) is 7.05 Å². The van der Waals surface area contributed by atoms with Crippen LogP contribution in [0.3, 0.4) is 0 Å². The summed E-state index contributed by atoms with van der Waals surface area (Å²) in [5, 5.41) is 3.41. The van der Waals surface area contributed by atoms with Crippen molar-refractivity contribution < 1.29 is 0 Å². The predicted molar refractivity (Wildman–Crippen MR) is 92.5 cm³/mol. The third kappa shape index (κ3) is 3.45. The minimum absolute atomic E-state index is 0.384. The predicted octanol–water partition coefficient (Wildman–Crippen LogP) is 4.74. The normalized spacial score (nSPS) is 12.2. The van der Waals surface area contributed by atoms with Gasteiger partial charge in [-0.05, 0) is 62.2 Å². The minimum atomic E-state index is 0.384. The molecule has 0 aliphatic rings. The molecule has 0 radical (unpaired) electrons. The van der Waals surface area contributed by atoms with Gasteiger partial charge in [0.2, 0.25) is 0 Å². The van der Waals surface area contributed by atoms with Gasteiger partial charge < -0.3 is 10.2 Å². The van der Waals surface area contributed by atoms with E-state index in [9.17, 15) is 0 Å². The molecule has 0 aliphatic carbocycles. The van der Waals surface area contributed by atoms with Crippen molar-refractivity contribution in [3.05, 3.63) is 59.2 Å². The fraction of sp³-hybridized carbons (Fsp3) is 0.368. The summed E-state index contributed by atoms with van der Waals surface area (Å²) in [5.74, 6) is 0. The highest BCUT2D eigenvalue weighted by atomic mass is 15.1. The van der Waals surface area contributed by atoms with Crippen molar-refractivity contribution >= 4 is 11.4 Å². The first kappa shape index (κ1) is 15.6. The SMILES string of the molecule is CCC(NC)c1ccccc1N(C)c1cc(C)cc(C)c1. The second-order valence-corrected chi connectivity index (χ2v) is 5.71. The van der Waals surface area contributed by atoms with E-state index in [1.54, 1.807) is 0 Å². The van der Waals surface area contributed by atoms with Crippen LogP contribution in [0.2, 0.25) is 0 Å². The van der Waals surface area contributed by atoms with Crippen LogP contribution in [0.15, 0.2) is 42.5 Å². The summed E-state index contributed by atoms with van der Waals surface area (Å²) in [7, 11) is 4.18. The summed E-state index contributed by atoms with van der Waals surface area (Å²) in [6, 6.07) is 15.7. The lowest BCUT2D eigenvalue weighted by Gasteiger charge is -2.26. The molecule has 2 rings (SSSR count). The fourth-order valence-corrected chi connectivity index (χ4v) is 2.95. The summed E-state index contributed by atoms with van der Waals surface area (Å²) in [6.45, 7) is 6.52. The summed E-state index contributed by atoms with van der Waals surface area (Å²) in [4.78, 5) is 2.29. The molecule has 0 amide bonds. The van der Waals surface area contributed by atoms with Gasteiger partial charge in [-0.3, -0.25) is 0 Å². The Morgan fingerprint density at radius 3 is 2.24 bits per heavy atom. The molecule has 21 heavy (non-hydrogen) atoms. The molecule has 2 nitrogen and oxygen atoms in total. The molecule has 0 aliphatic heterocycles. The van der Waals surface area contributed by atoms with Crippen LogP contribution in [0.25, 0.3) is 0 Å². The highest BCUT2D eigenvalue weighted by Crippen LogP contribution is 2.32. The van der Waals surface area contributed by atoms with Gasteiger partial charge in [0.05, 0.1) is 0 Å². The van der Waals surface area contributed by atoms with E-state index in [1.165, 1.54) is 28.1 Å². The van der Waals surface area contributed by atoms with Crippen molar-refractivity contribution in [2.45, 2.75) is 33.2 Å². The van der Waals surface area contributed by atoms with Crippen molar-refractivity contribution in [3.63, 3.8) is 0 Å². The number of nitrogens with zero attached hydrogens (tertiary/aromatic N) is 1. The lowest BCUT2D eigenvalue weighted by atomic mass is 10.0. The molecular weight excluding hydrogens is 256 g/mol. The second-order valence-electron chi connectivity index (χ2n) is 5.71. The van der Waals surface area contributed by atoms with Crippen LogP contribution in [0.1, 0.15) is 36.1 Å². The van der Waals surface area contributed by atoms with Gasteiger partial charge >= 0.3 is 0 Å². The molecule has 0 spiro atoms. The molecule has 0 heterocycles.